The van der Waals surface area contributed by atoms with Crippen LogP contribution >= 0.6 is 0 Å². The smallest absolute Gasteiger partial charge is 0.272 e. The number of methoxy groups -OCH3 is 1. The molecule has 1 saturated heterocycles. The Bertz CT molecular complexity index is 1050. The largest absolute Gasteiger partial charge is 0.493 e. The van der Waals surface area contributed by atoms with Crippen molar-refractivity contribution in [3.63, 3.8) is 0 Å². The number of ether oxygens (including phenoxy) is 2. The minimum absolute atomic E-state index is 0.159. The second-order valence-corrected chi connectivity index (χ2v) is 7.21. The van der Waals surface area contributed by atoms with E-state index in [1.165, 1.54) is 37.6 Å². The second-order valence-electron chi connectivity index (χ2n) is 7.21. The summed E-state index contributed by atoms with van der Waals surface area (Å²) >= 11 is 0. The van der Waals surface area contributed by atoms with Gasteiger partial charge in [0.2, 0.25) is 0 Å². The van der Waals surface area contributed by atoms with Crippen LogP contribution in [-0.2, 0) is 0 Å². The number of aryl methyl sites for hydroxylation is 1. The molecule has 0 bridgehead atoms. The highest BCUT2D eigenvalue weighted by atomic mass is 19.1. The SMILES string of the molecule is COc1cc(C(=O)N2CCN(c3ccc(C)nc3)CC2)ncc1Oc1ccc(F)cc1. The number of hydrogen-bond acceptors (Lipinski definition) is 6. The summed E-state index contributed by atoms with van der Waals surface area (Å²) in [5, 5.41) is 0. The van der Waals surface area contributed by atoms with Gasteiger partial charge in [0.05, 0.1) is 25.2 Å². The maximum Gasteiger partial charge on any atom is 0.272 e. The molecular weight excluding hydrogens is 399 g/mol. The Morgan fingerprint density at radius 1 is 0.968 bits per heavy atom. The predicted molar refractivity (Wildman–Crippen MR) is 114 cm³/mol. The molecule has 1 amide bonds. The van der Waals surface area contributed by atoms with Crippen molar-refractivity contribution in [2.24, 2.45) is 0 Å². The lowest BCUT2D eigenvalue weighted by Gasteiger charge is -2.35. The molecule has 8 heteroatoms. The van der Waals surface area contributed by atoms with Gasteiger partial charge in [-0.05, 0) is 43.3 Å². The number of hydrogen-bond donors (Lipinski definition) is 0. The standard InChI is InChI=1S/C23H23FN4O3/c1-16-3-6-18(14-25-16)27-9-11-28(12-10-27)23(29)20-13-21(30-2)22(15-26-20)31-19-7-4-17(24)5-8-19/h3-8,13-15H,9-12H2,1-2H3. The maximum absolute atomic E-state index is 13.1. The van der Waals surface area contributed by atoms with E-state index in [4.69, 9.17) is 9.47 Å². The quantitative estimate of drug-likeness (QED) is 0.625. The fourth-order valence-electron chi connectivity index (χ4n) is 3.38. The van der Waals surface area contributed by atoms with Crippen molar-refractivity contribution in [1.29, 1.82) is 0 Å². The lowest BCUT2D eigenvalue weighted by atomic mass is 10.2. The van der Waals surface area contributed by atoms with E-state index in [1.54, 1.807) is 11.0 Å². The highest BCUT2D eigenvalue weighted by Gasteiger charge is 2.24. The van der Waals surface area contributed by atoms with Gasteiger partial charge in [-0.25, -0.2) is 9.37 Å². The number of benzene rings is 1. The van der Waals surface area contributed by atoms with E-state index in [0.29, 0.717) is 30.3 Å². The molecule has 0 radical (unpaired) electrons. The van der Waals surface area contributed by atoms with Gasteiger partial charge in [-0.15, -0.1) is 0 Å². The van der Waals surface area contributed by atoms with Gasteiger partial charge in [-0.2, -0.15) is 0 Å². The Hall–Kier alpha value is -3.68. The Labute approximate surface area is 180 Å². The summed E-state index contributed by atoms with van der Waals surface area (Å²) < 4.78 is 24.2. The zero-order chi connectivity index (χ0) is 21.8. The summed E-state index contributed by atoms with van der Waals surface area (Å²) in [5.74, 6) is 0.669. The summed E-state index contributed by atoms with van der Waals surface area (Å²) in [7, 11) is 1.50. The predicted octanol–water partition coefficient (Wildman–Crippen LogP) is 3.69. The molecule has 0 aliphatic carbocycles. The van der Waals surface area contributed by atoms with Crippen molar-refractivity contribution in [3.05, 3.63) is 72.1 Å². The maximum atomic E-state index is 13.1. The molecule has 4 rings (SSSR count). The van der Waals surface area contributed by atoms with Crippen LogP contribution in [0.1, 0.15) is 16.2 Å². The van der Waals surface area contributed by atoms with Gasteiger partial charge in [-0.1, -0.05) is 0 Å². The number of carbonyl (C=O) groups excluding carboxylic acids is 1. The number of rotatable bonds is 5. The molecule has 1 aliphatic rings. The molecular formula is C23H23FN4O3. The van der Waals surface area contributed by atoms with Gasteiger partial charge in [0.25, 0.3) is 5.91 Å². The van der Waals surface area contributed by atoms with Crippen molar-refractivity contribution < 1.29 is 18.7 Å². The number of anilines is 1. The van der Waals surface area contributed by atoms with Gasteiger partial charge >= 0.3 is 0 Å². The first-order valence-electron chi connectivity index (χ1n) is 9.98. The van der Waals surface area contributed by atoms with E-state index in [9.17, 15) is 9.18 Å². The van der Waals surface area contributed by atoms with Crippen LogP contribution in [0.15, 0.2) is 54.9 Å². The van der Waals surface area contributed by atoms with Gasteiger partial charge in [0.1, 0.15) is 17.3 Å². The highest BCUT2D eigenvalue weighted by Crippen LogP contribution is 2.31. The number of piperazine rings is 1. The number of aromatic nitrogens is 2. The van der Waals surface area contributed by atoms with E-state index in [-0.39, 0.29) is 17.4 Å². The average molecular weight is 422 g/mol. The molecule has 2 aromatic heterocycles. The Balaban J connectivity index is 1.42. The molecule has 0 spiro atoms. The molecule has 1 fully saturated rings. The van der Waals surface area contributed by atoms with Crippen molar-refractivity contribution in [3.8, 4) is 17.2 Å². The third-order valence-electron chi connectivity index (χ3n) is 5.14. The number of amides is 1. The molecule has 1 aliphatic heterocycles. The van der Waals surface area contributed by atoms with Crippen molar-refractivity contribution >= 4 is 11.6 Å². The van der Waals surface area contributed by atoms with Crippen molar-refractivity contribution in [2.75, 3.05) is 38.2 Å². The topological polar surface area (TPSA) is 67.8 Å². The Morgan fingerprint density at radius 3 is 2.35 bits per heavy atom. The monoisotopic (exact) mass is 422 g/mol. The third kappa shape index (κ3) is 4.74. The Morgan fingerprint density at radius 2 is 1.71 bits per heavy atom. The first-order chi connectivity index (χ1) is 15.0. The molecule has 3 heterocycles. The summed E-state index contributed by atoms with van der Waals surface area (Å²) in [4.78, 5) is 25.6. The van der Waals surface area contributed by atoms with E-state index in [1.807, 2.05) is 25.3 Å². The van der Waals surface area contributed by atoms with Crippen LogP contribution in [0.4, 0.5) is 10.1 Å². The zero-order valence-electron chi connectivity index (χ0n) is 17.4. The number of halogens is 1. The third-order valence-corrected chi connectivity index (χ3v) is 5.14. The van der Waals surface area contributed by atoms with Crippen LogP contribution in [-0.4, -0.2) is 54.1 Å². The lowest BCUT2D eigenvalue weighted by molar-refractivity contribution is 0.0740. The van der Waals surface area contributed by atoms with E-state index in [2.05, 4.69) is 14.9 Å². The fourth-order valence-corrected chi connectivity index (χ4v) is 3.38. The highest BCUT2D eigenvalue weighted by molar-refractivity contribution is 5.93. The number of carbonyl (C=O) groups is 1. The van der Waals surface area contributed by atoms with Crippen LogP contribution in [0.25, 0.3) is 0 Å². The van der Waals surface area contributed by atoms with Crippen LogP contribution in [0.3, 0.4) is 0 Å². The van der Waals surface area contributed by atoms with Crippen LogP contribution < -0.4 is 14.4 Å². The molecule has 0 saturated carbocycles. The minimum Gasteiger partial charge on any atom is -0.493 e. The first-order valence-corrected chi connectivity index (χ1v) is 9.98. The summed E-state index contributed by atoms with van der Waals surface area (Å²) in [5.41, 5.74) is 2.32. The summed E-state index contributed by atoms with van der Waals surface area (Å²) in [6.07, 6.45) is 3.31. The van der Waals surface area contributed by atoms with Gasteiger partial charge in [-0.3, -0.25) is 9.78 Å². The van der Waals surface area contributed by atoms with Gasteiger partial charge in [0.15, 0.2) is 11.5 Å². The van der Waals surface area contributed by atoms with Crippen LogP contribution in [0.2, 0.25) is 0 Å². The molecule has 31 heavy (non-hydrogen) atoms. The number of pyridine rings is 2. The molecule has 1 aromatic carbocycles. The molecule has 7 nitrogen and oxygen atoms in total. The number of nitrogens with zero attached hydrogens (tertiary/aromatic N) is 4. The lowest BCUT2D eigenvalue weighted by Crippen LogP contribution is -2.49. The molecule has 0 N–H and O–H groups in total. The van der Waals surface area contributed by atoms with Gasteiger partial charge < -0.3 is 19.3 Å². The van der Waals surface area contributed by atoms with Crippen molar-refractivity contribution in [2.45, 2.75) is 6.92 Å². The van der Waals surface area contributed by atoms with Crippen molar-refractivity contribution in [1.82, 2.24) is 14.9 Å². The summed E-state index contributed by atoms with van der Waals surface area (Å²) in [6.45, 7) is 4.57. The van der Waals surface area contributed by atoms with E-state index in [0.717, 1.165) is 24.5 Å². The zero-order valence-corrected chi connectivity index (χ0v) is 17.4. The normalized spacial score (nSPS) is 13.8. The molecule has 0 atom stereocenters. The first kappa shape index (κ1) is 20.6. The van der Waals surface area contributed by atoms with Crippen LogP contribution in [0, 0.1) is 12.7 Å². The van der Waals surface area contributed by atoms with E-state index < -0.39 is 0 Å². The van der Waals surface area contributed by atoms with Crippen LogP contribution in [0.5, 0.6) is 17.2 Å². The minimum atomic E-state index is -0.350. The fraction of sp³-hybridized carbons (Fsp3) is 0.261. The molecule has 160 valence electrons. The average Bonchev–Trinajstić information content (AvgIpc) is 2.81. The Kier molecular flexibility index (Phi) is 5.97. The van der Waals surface area contributed by atoms with Gasteiger partial charge in [0, 0.05) is 37.9 Å². The summed E-state index contributed by atoms with van der Waals surface area (Å²) in [6, 6.07) is 11.2. The molecule has 3 aromatic rings. The molecule has 0 unspecified atom stereocenters. The van der Waals surface area contributed by atoms with E-state index >= 15 is 0 Å². The second kappa shape index (κ2) is 8.99.